The van der Waals surface area contributed by atoms with Crippen LogP contribution < -0.4 is 10.5 Å². The van der Waals surface area contributed by atoms with Gasteiger partial charge in [-0.25, -0.2) is 0 Å². The Labute approximate surface area is 111 Å². The zero-order valence-corrected chi connectivity index (χ0v) is 11.1. The number of phenolic OH excluding ortho intramolecular Hbond substituents is 1. The Bertz CT molecular complexity index is 497. The average molecular weight is 263 g/mol. The lowest BCUT2D eigenvalue weighted by atomic mass is 9.97. The normalized spacial score (nSPS) is 12.3. The molecule has 1 aromatic heterocycles. The molecule has 0 amide bonds. The van der Waals surface area contributed by atoms with E-state index in [9.17, 15) is 5.11 Å². The highest BCUT2D eigenvalue weighted by Gasteiger charge is 2.13. The van der Waals surface area contributed by atoms with E-state index in [0.29, 0.717) is 18.2 Å². The minimum atomic E-state index is 0.168. The van der Waals surface area contributed by atoms with Crippen LogP contribution >= 0.6 is 11.3 Å². The number of phenols is 1. The van der Waals surface area contributed by atoms with E-state index in [1.54, 1.807) is 24.5 Å². The molecule has 1 aromatic carbocycles. The van der Waals surface area contributed by atoms with Crippen molar-refractivity contribution in [3.05, 3.63) is 46.2 Å². The second-order valence-electron chi connectivity index (χ2n) is 4.16. The van der Waals surface area contributed by atoms with Gasteiger partial charge in [0, 0.05) is 17.3 Å². The van der Waals surface area contributed by atoms with E-state index >= 15 is 0 Å². The van der Waals surface area contributed by atoms with Crippen LogP contribution in [0.3, 0.4) is 0 Å². The van der Waals surface area contributed by atoms with Crippen molar-refractivity contribution in [3.8, 4) is 11.5 Å². The molecule has 0 bridgehead atoms. The molecule has 0 spiro atoms. The summed E-state index contributed by atoms with van der Waals surface area (Å²) < 4.78 is 5.11. The fourth-order valence-corrected chi connectivity index (χ4v) is 2.80. The molecule has 2 aromatic rings. The molecule has 0 aliphatic heterocycles. The third-order valence-corrected chi connectivity index (χ3v) is 3.99. The molecule has 18 heavy (non-hydrogen) atoms. The summed E-state index contributed by atoms with van der Waals surface area (Å²) in [5.41, 5.74) is 6.96. The van der Waals surface area contributed by atoms with Crippen LogP contribution in [0, 0.1) is 0 Å². The largest absolute Gasteiger partial charge is 0.504 e. The zero-order chi connectivity index (χ0) is 13.0. The van der Waals surface area contributed by atoms with Gasteiger partial charge in [-0.1, -0.05) is 12.1 Å². The summed E-state index contributed by atoms with van der Waals surface area (Å²) in [5, 5.41) is 11.6. The van der Waals surface area contributed by atoms with Crippen molar-refractivity contribution in [2.45, 2.75) is 12.3 Å². The van der Waals surface area contributed by atoms with Crippen LogP contribution in [0.1, 0.15) is 16.4 Å². The van der Waals surface area contributed by atoms with Gasteiger partial charge in [0.15, 0.2) is 11.5 Å². The van der Waals surface area contributed by atoms with Gasteiger partial charge in [0.05, 0.1) is 7.11 Å². The lowest BCUT2D eigenvalue weighted by Crippen LogP contribution is -2.13. The molecular formula is C14H17NO2S. The first-order chi connectivity index (χ1) is 8.74. The van der Waals surface area contributed by atoms with Crippen molar-refractivity contribution in [3.63, 3.8) is 0 Å². The van der Waals surface area contributed by atoms with Gasteiger partial charge in [0.1, 0.15) is 0 Å². The van der Waals surface area contributed by atoms with Gasteiger partial charge in [-0.15, -0.1) is 11.3 Å². The second-order valence-corrected chi connectivity index (χ2v) is 5.14. The summed E-state index contributed by atoms with van der Waals surface area (Å²) in [7, 11) is 1.55. The quantitative estimate of drug-likeness (QED) is 0.872. The molecule has 2 rings (SSSR count). The number of ether oxygens (including phenoxy) is 1. The Morgan fingerprint density at radius 1 is 1.39 bits per heavy atom. The molecule has 1 heterocycles. The molecule has 0 fully saturated rings. The van der Waals surface area contributed by atoms with Gasteiger partial charge in [-0.05, 0) is 35.6 Å². The molecule has 1 unspecified atom stereocenters. The minimum Gasteiger partial charge on any atom is -0.504 e. The molecule has 3 nitrogen and oxygen atoms in total. The molecule has 4 heteroatoms. The van der Waals surface area contributed by atoms with Crippen LogP contribution in [0.2, 0.25) is 0 Å². The molecule has 0 radical (unpaired) electrons. The molecular weight excluding hydrogens is 246 g/mol. The third-order valence-electron chi connectivity index (χ3n) is 2.96. The van der Waals surface area contributed by atoms with Crippen LogP contribution in [0.15, 0.2) is 35.7 Å². The number of methoxy groups -OCH3 is 1. The van der Waals surface area contributed by atoms with Gasteiger partial charge in [-0.3, -0.25) is 0 Å². The number of thiophene rings is 1. The van der Waals surface area contributed by atoms with Crippen LogP contribution in [-0.4, -0.2) is 18.8 Å². The van der Waals surface area contributed by atoms with Crippen molar-refractivity contribution in [1.29, 1.82) is 0 Å². The van der Waals surface area contributed by atoms with Gasteiger partial charge in [0.2, 0.25) is 0 Å². The maximum atomic E-state index is 9.56. The summed E-state index contributed by atoms with van der Waals surface area (Å²) in [4.78, 5) is 1.30. The number of hydrogen-bond acceptors (Lipinski definition) is 4. The Balaban J connectivity index is 2.17. The van der Waals surface area contributed by atoms with Crippen LogP contribution in [0.5, 0.6) is 11.5 Å². The summed E-state index contributed by atoms with van der Waals surface area (Å²) in [6.07, 6.45) is 0.855. The number of benzene rings is 1. The lowest BCUT2D eigenvalue weighted by Gasteiger charge is -2.14. The maximum absolute atomic E-state index is 9.56. The maximum Gasteiger partial charge on any atom is 0.160 e. The molecule has 3 N–H and O–H groups in total. The minimum absolute atomic E-state index is 0.168. The first kappa shape index (κ1) is 12.9. The predicted octanol–water partition coefficient (Wildman–Crippen LogP) is 2.75. The van der Waals surface area contributed by atoms with Crippen molar-refractivity contribution >= 4 is 11.3 Å². The first-order valence-corrected chi connectivity index (χ1v) is 6.72. The van der Waals surface area contributed by atoms with Crippen molar-refractivity contribution in [2.75, 3.05) is 13.7 Å². The first-order valence-electron chi connectivity index (χ1n) is 5.84. The summed E-state index contributed by atoms with van der Waals surface area (Å²) >= 11 is 1.73. The van der Waals surface area contributed by atoms with Gasteiger partial charge >= 0.3 is 0 Å². The molecule has 0 aliphatic carbocycles. The average Bonchev–Trinajstić information content (AvgIpc) is 2.91. The molecule has 1 atom stereocenters. The van der Waals surface area contributed by atoms with Crippen molar-refractivity contribution in [1.82, 2.24) is 0 Å². The van der Waals surface area contributed by atoms with E-state index in [1.807, 2.05) is 18.2 Å². The summed E-state index contributed by atoms with van der Waals surface area (Å²) in [5.74, 6) is 0.996. The van der Waals surface area contributed by atoms with E-state index in [0.717, 1.165) is 12.0 Å². The van der Waals surface area contributed by atoms with Crippen LogP contribution in [-0.2, 0) is 6.42 Å². The van der Waals surface area contributed by atoms with Crippen LogP contribution in [0.4, 0.5) is 0 Å². The van der Waals surface area contributed by atoms with Crippen LogP contribution in [0.25, 0.3) is 0 Å². The lowest BCUT2D eigenvalue weighted by molar-refractivity contribution is 0.373. The van der Waals surface area contributed by atoms with E-state index in [1.165, 1.54) is 4.88 Å². The standard InChI is InChI=1S/C14H17NO2S/c1-17-13-8-10(4-5-12(13)16)7-11(9-15)14-3-2-6-18-14/h2-6,8,11,16H,7,9,15H2,1H3. The molecule has 0 aliphatic rings. The number of rotatable bonds is 5. The van der Waals surface area contributed by atoms with E-state index in [-0.39, 0.29) is 5.75 Å². The third kappa shape index (κ3) is 2.83. The van der Waals surface area contributed by atoms with Gasteiger partial charge < -0.3 is 15.6 Å². The second kappa shape index (κ2) is 5.89. The highest BCUT2D eigenvalue weighted by molar-refractivity contribution is 7.10. The number of nitrogens with two attached hydrogens (primary N) is 1. The monoisotopic (exact) mass is 263 g/mol. The Kier molecular flexibility index (Phi) is 4.23. The fourth-order valence-electron chi connectivity index (χ4n) is 1.96. The van der Waals surface area contributed by atoms with Gasteiger partial charge in [0.25, 0.3) is 0 Å². The predicted molar refractivity (Wildman–Crippen MR) is 74.5 cm³/mol. The molecule has 0 saturated heterocycles. The zero-order valence-electron chi connectivity index (χ0n) is 10.3. The van der Waals surface area contributed by atoms with E-state index in [4.69, 9.17) is 10.5 Å². The molecule has 0 saturated carbocycles. The number of hydrogen-bond donors (Lipinski definition) is 2. The number of aromatic hydroxyl groups is 1. The van der Waals surface area contributed by atoms with E-state index < -0.39 is 0 Å². The topological polar surface area (TPSA) is 55.5 Å². The Morgan fingerprint density at radius 2 is 2.22 bits per heavy atom. The van der Waals surface area contributed by atoms with Crippen molar-refractivity contribution < 1.29 is 9.84 Å². The highest BCUT2D eigenvalue weighted by atomic mass is 32.1. The Hall–Kier alpha value is -1.52. The van der Waals surface area contributed by atoms with Crippen molar-refractivity contribution in [2.24, 2.45) is 5.73 Å². The molecule has 96 valence electrons. The van der Waals surface area contributed by atoms with E-state index in [2.05, 4.69) is 11.4 Å². The summed E-state index contributed by atoms with van der Waals surface area (Å²) in [6, 6.07) is 9.59. The van der Waals surface area contributed by atoms with Gasteiger partial charge in [-0.2, -0.15) is 0 Å². The highest BCUT2D eigenvalue weighted by Crippen LogP contribution is 2.30. The smallest absolute Gasteiger partial charge is 0.160 e. The SMILES string of the molecule is COc1cc(CC(CN)c2cccs2)ccc1O. The summed E-state index contributed by atoms with van der Waals surface area (Å²) in [6.45, 7) is 0.615. The fraction of sp³-hybridized carbons (Fsp3) is 0.286. The Morgan fingerprint density at radius 3 is 2.83 bits per heavy atom.